The number of amides is 1. The fraction of sp³-hybridized carbons (Fsp3) is 0.250. The number of ether oxygens (including phenoxy) is 1. The number of aromatic amines is 1. The van der Waals surface area contributed by atoms with Crippen molar-refractivity contribution in [3.63, 3.8) is 0 Å². The molecule has 2 aromatic carbocycles. The van der Waals surface area contributed by atoms with Gasteiger partial charge >= 0.3 is 0 Å². The number of aryl methyl sites for hydroxylation is 2. The Bertz CT molecular complexity index is 946. The molecule has 5 heteroatoms. The van der Waals surface area contributed by atoms with E-state index in [2.05, 4.69) is 10.3 Å². The molecular weight excluding hydrogens is 319 g/mol. The van der Waals surface area contributed by atoms with E-state index < -0.39 is 5.82 Å². The third kappa shape index (κ3) is 3.22. The molecule has 2 N–H and O–H groups in total. The van der Waals surface area contributed by atoms with Crippen LogP contribution < -0.4 is 10.1 Å². The zero-order valence-electron chi connectivity index (χ0n) is 14.7. The summed E-state index contributed by atoms with van der Waals surface area (Å²) >= 11 is 0. The molecule has 130 valence electrons. The smallest absolute Gasteiger partial charge is 0.251 e. The standard InChI is InChI=1S/C20H21FN2O2/c1-11-12(2)22-18-7-5-15(9-16(11)18)20(24)23-13(3)14-6-8-19(25-4)17(21)10-14/h5-10,13,22H,1-4H3,(H,23,24)/t13-/m1/s1. The van der Waals surface area contributed by atoms with Crippen molar-refractivity contribution in [2.45, 2.75) is 26.8 Å². The van der Waals surface area contributed by atoms with Crippen LogP contribution in [0.1, 0.15) is 40.1 Å². The summed E-state index contributed by atoms with van der Waals surface area (Å²) in [6, 6.07) is 9.94. The molecule has 0 aliphatic rings. The minimum atomic E-state index is -0.444. The molecule has 0 aliphatic carbocycles. The van der Waals surface area contributed by atoms with Crippen LogP contribution in [0.25, 0.3) is 10.9 Å². The highest BCUT2D eigenvalue weighted by atomic mass is 19.1. The quantitative estimate of drug-likeness (QED) is 0.738. The molecule has 0 spiro atoms. The average molecular weight is 340 g/mol. The molecule has 3 aromatic rings. The molecule has 0 unspecified atom stereocenters. The first-order valence-corrected chi connectivity index (χ1v) is 8.14. The average Bonchev–Trinajstić information content (AvgIpc) is 2.88. The molecular formula is C20H21FN2O2. The minimum Gasteiger partial charge on any atom is -0.494 e. The van der Waals surface area contributed by atoms with Gasteiger partial charge in [-0.25, -0.2) is 4.39 Å². The Hall–Kier alpha value is -2.82. The van der Waals surface area contributed by atoms with Gasteiger partial charge in [-0.05, 0) is 62.2 Å². The van der Waals surface area contributed by atoms with Gasteiger partial charge in [0.25, 0.3) is 5.91 Å². The van der Waals surface area contributed by atoms with Crippen molar-refractivity contribution >= 4 is 16.8 Å². The van der Waals surface area contributed by atoms with Gasteiger partial charge in [0.05, 0.1) is 13.2 Å². The SMILES string of the molecule is COc1ccc([C@@H](C)NC(=O)c2ccc3[nH]c(C)c(C)c3c2)cc1F. The van der Waals surface area contributed by atoms with E-state index in [0.29, 0.717) is 11.1 Å². The summed E-state index contributed by atoms with van der Waals surface area (Å²) in [5, 5.41) is 3.95. The summed E-state index contributed by atoms with van der Waals surface area (Å²) in [7, 11) is 1.42. The first-order chi connectivity index (χ1) is 11.9. The van der Waals surface area contributed by atoms with Crippen LogP contribution in [0.15, 0.2) is 36.4 Å². The van der Waals surface area contributed by atoms with Gasteiger partial charge in [-0.15, -0.1) is 0 Å². The van der Waals surface area contributed by atoms with Gasteiger partial charge in [0.2, 0.25) is 0 Å². The minimum absolute atomic E-state index is 0.186. The van der Waals surface area contributed by atoms with Crippen LogP contribution >= 0.6 is 0 Å². The maximum Gasteiger partial charge on any atom is 0.251 e. The van der Waals surface area contributed by atoms with E-state index in [9.17, 15) is 9.18 Å². The lowest BCUT2D eigenvalue weighted by atomic mass is 10.1. The lowest BCUT2D eigenvalue weighted by Crippen LogP contribution is -2.26. The summed E-state index contributed by atoms with van der Waals surface area (Å²) in [5.74, 6) is -0.448. The third-order valence-corrected chi connectivity index (χ3v) is 4.59. The van der Waals surface area contributed by atoms with Gasteiger partial charge in [0.15, 0.2) is 11.6 Å². The highest BCUT2D eigenvalue weighted by molar-refractivity contribution is 5.99. The molecule has 25 heavy (non-hydrogen) atoms. The van der Waals surface area contributed by atoms with Crippen molar-refractivity contribution in [1.82, 2.24) is 10.3 Å². The van der Waals surface area contributed by atoms with Crippen LogP contribution in [0.2, 0.25) is 0 Å². The van der Waals surface area contributed by atoms with E-state index in [-0.39, 0.29) is 17.7 Å². The summed E-state index contributed by atoms with van der Waals surface area (Å²) < 4.78 is 18.8. The number of H-pyrrole nitrogens is 1. The van der Waals surface area contributed by atoms with Crippen LogP contribution in [0.4, 0.5) is 4.39 Å². The van der Waals surface area contributed by atoms with E-state index >= 15 is 0 Å². The second-order valence-corrected chi connectivity index (χ2v) is 6.22. The number of carbonyl (C=O) groups excluding carboxylic acids is 1. The van der Waals surface area contributed by atoms with Crippen molar-refractivity contribution < 1.29 is 13.9 Å². The Morgan fingerprint density at radius 3 is 2.64 bits per heavy atom. The number of hydrogen-bond donors (Lipinski definition) is 2. The molecule has 0 bridgehead atoms. The van der Waals surface area contributed by atoms with E-state index in [1.807, 2.05) is 32.9 Å². The molecule has 0 aliphatic heterocycles. The Morgan fingerprint density at radius 1 is 1.20 bits per heavy atom. The van der Waals surface area contributed by atoms with Crippen molar-refractivity contribution in [3.8, 4) is 5.75 Å². The fourth-order valence-electron chi connectivity index (χ4n) is 2.92. The molecule has 0 fully saturated rings. The number of aromatic nitrogens is 1. The van der Waals surface area contributed by atoms with Gasteiger partial charge in [-0.3, -0.25) is 4.79 Å². The lowest BCUT2D eigenvalue weighted by Gasteiger charge is -2.15. The molecule has 1 aromatic heterocycles. The number of halogens is 1. The van der Waals surface area contributed by atoms with E-state index in [1.165, 1.54) is 13.2 Å². The number of benzene rings is 2. The van der Waals surface area contributed by atoms with Crippen LogP contribution in [0.5, 0.6) is 5.75 Å². The van der Waals surface area contributed by atoms with Gasteiger partial charge in [0, 0.05) is 22.2 Å². The highest BCUT2D eigenvalue weighted by Crippen LogP contribution is 2.24. The van der Waals surface area contributed by atoms with Crippen LogP contribution in [0.3, 0.4) is 0 Å². The van der Waals surface area contributed by atoms with Crippen LogP contribution in [-0.4, -0.2) is 18.0 Å². The summed E-state index contributed by atoms with van der Waals surface area (Å²) in [4.78, 5) is 15.8. The molecule has 4 nitrogen and oxygen atoms in total. The second kappa shape index (κ2) is 6.59. The summed E-state index contributed by atoms with van der Waals surface area (Å²) in [6.45, 7) is 5.86. The Labute approximate surface area is 146 Å². The largest absolute Gasteiger partial charge is 0.494 e. The zero-order valence-corrected chi connectivity index (χ0v) is 14.7. The predicted molar refractivity (Wildman–Crippen MR) is 96.6 cm³/mol. The van der Waals surface area contributed by atoms with Crippen molar-refractivity contribution in [1.29, 1.82) is 0 Å². The Morgan fingerprint density at radius 2 is 1.96 bits per heavy atom. The number of nitrogens with one attached hydrogen (secondary N) is 2. The monoisotopic (exact) mass is 340 g/mol. The predicted octanol–water partition coefficient (Wildman–Crippen LogP) is 4.42. The lowest BCUT2D eigenvalue weighted by molar-refractivity contribution is 0.0940. The van der Waals surface area contributed by atoms with Gasteiger partial charge in [-0.2, -0.15) is 0 Å². The maximum atomic E-state index is 13.9. The van der Waals surface area contributed by atoms with Gasteiger partial charge < -0.3 is 15.0 Å². The molecule has 1 atom stereocenters. The van der Waals surface area contributed by atoms with E-state index in [1.54, 1.807) is 18.2 Å². The Balaban J connectivity index is 1.81. The number of fused-ring (bicyclic) bond motifs is 1. The number of methoxy groups -OCH3 is 1. The Kier molecular flexibility index (Phi) is 4.49. The molecule has 1 amide bonds. The number of rotatable bonds is 4. The van der Waals surface area contributed by atoms with Crippen LogP contribution in [-0.2, 0) is 0 Å². The second-order valence-electron chi connectivity index (χ2n) is 6.22. The van der Waals surface area contributed by atoms with Crippen molar-refractivity contribution in [3.05, 3.63) is 64.6 Å². The first kappa shape index (κ1) is 17.0. The maximum absolute atomic E-state index is 13.9. The number of carbonyl (C=O) groups is 1. The highest BCUT2D eigenvalue weighted by Gasteiger charge is 2.15. The van der Waals surface area contributed by atoms with Crippen molar-refractivity contribution in [2.75, 3.05) is 7.11 Å². The first-order valence-electron chi connectivity index (χ1n) is 8.14. The number of hydrogen-bond acceptors (Lipinski definition) is 2. The third-order valence-electron chi connectivity index (χ3n) is 4.59. The van der Waals surface area contributed by atoms with Gasteiger partial charge in [-0.1, -0.05) is 6.07 Å². The summed E-state index contributed by atoms with van der Waals surface area (Å²) in [5.41, 5.74) is 4.50. The molecule has 0 saturated heterocycles. The topological polar surface area (TPSA) is 54.1 Å². The van der Waals surface area contributed by atoms with Crippen molar-refractivity contribution in [2.24, 2.45) is 0 Å². The normalized spacial score (nSPS) is 12.2. The molecule has 3 rings (SSSR count). The van der Waals surface area contributed by atoms with Gasteiger partial charge in [0.1, 0.15) is 0 Å². The van der Waals surface area contributed by atoms with E-state index in [0.717, 1.165) is 22.2 Å². The zero-order chi connectivity index (χ0) is 18.1. The molecule has 0 saturated carbocycles. The van der Waals surface area contributed by atoms with Crippen LogP contribution in [0, 0.1) is 19.7 Å². The van der Waals surface area contributed by atoms with E-state index in [4.69, 9.17) is 4.74 Å². The summed E-state index contributed by atoms with van der Waals surface area (Å²) in [6.07, 6.45) is 0. The fourth-order valence-corrected chi connectivity index (χ4v) is 2.92. The molecule has 1 heterocycles. The molecule has 0 radical (unpaired) electrons.